The third-order valence-corrected chi connectivity index (χ3v) is 4.74. The first-order chi connectivity index (χ1) is 9.68. The summed E-state index contributed by atoms with van der Waals surface area (Å²) in [4.78, 5) is 13.8. The number of carbonyl (C=O) groups is 1. The van der Waals surface area contributed by atoms with Crippen LogP contribution in [-0.2, 0) is 4.74 Å². The van der Waals surface area contributed by atoms with Crippen LogP contribution in [0.4, 0.5) is 4.79 Å². The van der Waals surface area contributed by atoms with E-state index in [-0.39, 0.29) is 6.03 Å². The summed E-state index contributed by atoms with van der Waals surface area (Å²) in [6.45, 7) is 3.63. The summed E-state index contributed by atoms with van der Waals surface area (Å²) in [5.41, 5.74) is 0. The van der Waals surface area contributed by atoms with E-state index in [4.69, 9.17) is 4.74 Å². The van der Waals surface area contributed by atoms with Gasteiger partial charge in [0.25, 0.3) is 0 Å². The van der Waals surface area contributed by atoms with Gasteiger partial charge in [0.1, 0.15) is 0 Å². The molecule has 1 N–H and O–H groups in total. The largest absolute Gasteiger partial charge is 0.378 e. The van der Waals surface area contributed by atoms with Crippen molar-refractivity contribution in [2.24, 2.45) is 5.92 Å². The number of carbonyl (C=O) groups excluding carboxylic acids is 1. The van der Waals surface area contributed by atoms with Crippen molar-refractivity contribution in [3.05, 3.63) is 0 Å². The first kappa shape index (κ1) is 15.6. The number of hydrogen-bond acceptors (Lipinski definition) is 2. The Morgan fingerprint density at radius 1 is 1.25 bits per heavy atom. The minimum atomic E-state index is 0.0575. The molecule has 0 radical (unpaired) electrons. The van der Waals surface area contributed by atoms with Gasteiger partial charge >= 0.3 is 6.03 Å². The van der Waals surface area contributed by atoms with Crippen LogP contribution in [0.1, 0.15) is 58.3 Å². The van der Waals surface area contributed by atoms with Gasteiger partial charge in [0.2, 0.25) is 0 Å². The van der Waals surface area contributed by atoms with Crippen LogP contribution in [0.3, 0.4) is 0 Å². The van der Waals surface area contributed by atoms with Crippen molar-refractivity contribution >= 4 is 6.03 Å². The van der Waals surface area contributed by atoms with Gasteiger partial charge in [-0.15, -0.1) is 0 Å². The average Bonchev–Trinajstić information content (AvgIpc) is 3.31. The molecule has 116 valence electrons. The van der Waals surface area contributed by atoms with Crippen LogP contribution in [0.25, 0.3) is 0 Å². The fourth-order valence-corrected chi connectivity index (χ4v) is 2.95. The summed E-state index contributed by atoms with van der Waals surface area (Å²) in [5, 5.41) is 2.99. The van der Waals surface area contributed by atoms with Crippen molar-refractivity contribution in [3.8, 4) is 0 Å². The van der Waals surface area contributed by atoms with Gasteiger partial charge in [0.05, 0.1) is 6.10 Å². The quantitative estimate of drug-likeness (QED) is 0.729. The fourth-order valence-electron chi connectivity index (χ4n) is 2.95. The summed E-state index contributed by atoms with van der Waals surface area (Å²) in [6, 6.07) is 0.426. The molecule has 0 spiro atoms. The van der Waals surface area contributed by atoms with Gasteiger partial charge < -0.3 is 15.0 Å². The Kier molecular flexibility index (Phi) is 6.14. The topological polar surface area (TPSA) is 41.6 Å². The van der Waals surface area contributed by atoms with Gasteiger partial charge in [-0.05, 0) is 44.9 Å². The predicted molar refractivity (Wildman–Crippen MR) is 80.8 cm³/mol. The lowest BCUT2D eigenvalue weighted by Gasteiger charge is -2.25. The number of nitrogens with zero attached hydrogens (tertiary/aromatic N) is 1. The minimum absolute atomic E-state index is 0.0575. The molecule has 1 unspecified atom stereocenters. The highest BCUT2D eigenvalue weighted by Gasteiger charge is 2.32. The predicted octanol–water partition coefficient (Wildman–Crippen LogP) is 3.17. The maximum Gasteiger partial charge on any atom is 0.317 e. The second-order valence-corrected chi connectivity index (χ2v) is 6.41. The molecule has 0 aromatic rings. The number of amides is 2. The third-order valence-electron chi connectivity index (χ3n) is 4.74. The van der Waals surface area contributed by atoms with E-state index < -0.39 is 0 Å². The molecule has 4 nitrogen and oxygen atoms in total. The van der Waals surface area contributed by atoms with Crippen LogP contribution in [-0.4, -0.2) is 43.3 Å². The van der Waals surface area contributed by atoms with Crippen molar-refractivity contribution in [1.29, 1.82) is 0 Å². The number of urea groups is 1. The van der Waals surface area contributed by atoms with Gasteiger partial charge in [-0.25, -0.2) is 4.79 Å². The third kappa shape index (κ3) is 4.97. The molecule has 0 aromatic heterocycles. The monoisotopic (exact) mass is 282 g/mol. The summed E-state index contributed by atoms with van der Waals surface area (Å²) in [7, 11) is 1.90. The molecular formula is C16H30N2O2. The lowest BCUT2D eigenvalue weighted by Crippen LogP contribution is -2.43. The number of ether oxygens (including phenoxy) is 1. The molecule has 0 heterocycles. The SMILES string of the molecule is CC(C1CC1)N(C)C(=O)NCCCOC1CCCCC1. The normalized spacial score (nSPS) is 21.5. The Balaban J connectivity index is 1.50. The highest BCUT2D eigenvalue weighted by Crippen LogP contribution is 2.34. The minimum Gasteiger partial charge on any atom is -0.378 e. The van der Waals surface area contributed by atoms with Crippen LogP contribution >= 0.6 is 0 Å². The molecule has 2 aliphatic carbocycles. The summed E-state index contributed by atoms with van der Waals surface area (Å²) in [6.07, 6.45) is 10.3. The van der Waals surface area contributed by atoms with E-state index in [2.05, 4.69) is 12.2 Å². The van der Waals surface area contributed by atoms with Crippen molar-refractivity contribution in [2.75, 3.05) is 20.2 Å². The van der Waals surface area contributed by atoms with E-state index in [1.54, 1.807) is 0 Å². The van der Waals surface area contributed by atoms with Crippen LogP contribution in [0.2, 0.25) is 0 Å². The van der Waals surface area contributed by atoms with Crippen molar-refractivity contribution in [2.45, 2.75) is 70.4 Å². The van der Waals surface area contributed by atoms with E-state index in [0.717, 1.165) is 18.9 Å². The highest BCUT2D eigenvalue weighted by atomic mass is 16.5. The zero-order valence-electron chi connectivity index (χ0n) is 13.1. The Morgan fingerprint density at radius 2 is 1.95 bits per heavy atom. The van der Waals surface area contributed by atoms with Crippen LogP contribution < -0.4 is 5.32 Å². The number of hydrogen-bond donors (Lipinski definition) is 1. The molecule has 2 saturated carbocycles. The molecular weight excluding hydrogens is 252 g/mol. The second kappa shape index (κ2) is 7.87. The van der Waals surface area contributed by atoms with E-state index in [1.165, 1.54) is 44.9 Å². The summed E-state index contributed by atoms with van der Waals surface area (Å²) >= 11 is 0. The summed E-state index contributed by atoms with van der Waals surface area (Å²) in [5.74, 6) is 0.723. The zero-order valence-corrected chi connectivity index (χ0v) is 13.1. The molecule has 2 amide bonds. The van der Waals surface area contributed by atoms with Crippen molar-refractivity contribution < 1.29 is 9.53 Å². The molecule has 0 aliphatic heterocycles. The first-order valence-electron chi connectivity index (χ1n) is 8.30. The summed E-state index contributed by atoms with van der Waals surface area (Å²) < 4.78 is 5.86. The molecule has 20 heavy (non-hydrogen) atoms. The smallest absolute Gasteiger partial charge is 0.317 e. The zero-order chi connectivity index (χ0) is 14.4. The number of nitrogens with one attached hydrogen (secondary N) is 1. The molecule has 4 heteroatoms. The molecule has 0 saturated heterocycles. The Hall–Kier alpha value is -0.770. The lowest BCUT2D eigenvalue weighted by atomic mass is 9.98. The van der Waals surface area contributed by atoms with Gasteiger partial charge in [-0.1, -0.05) is 19.3 Å². The number of rotatable bonds is 7. The molecule has 1 atom stereocenters. The van der Waals surface area contributed by atoms with Crippen molar-refractivity contribution in [1.82, 2.24) is 10.2 Å². The first-order valence-corrected chi connectivity index (χ1v) is 8.30. The molecule has 2 aliphatic rings. The van der Waals surface area contributed by atoms with Crippen LogP contribution in [0.5, 0.6) is 0 Å². The fraction of sp³-hybridized carbons (Fsp3) is 0.938. The maximum atomic E-state index is 12.0. The van der Waals surface area contributed by atoms with E-state index in [9.17, 15) is 4.79 Å². The Labute approximate surface area is 123 Å². The van der Waals surface area contributed by atoms with Gasteiger partial charge in [0.15, 0.2) is 0 Å². The lowest BCUT2D eigenvalue weighted by molar-refractivity contribution is 0.0274. The Morgan fingerprint density at radius 3 is 2.60 bits per heavy atom. The van der Waals surface area contributed by atoms with Gasteiger partial charge in [0, 0.05) is 26.2 Å². The molecule has 0 bridgehead atoms. The second-order valence-electron chi connectivity index (χ2n) is 6.41. The van der Waals surface area contributed by atoms with E-state index in [0.29, 0.717) is 18.7 Å². The van der Waals surface area contributed by atoms with Gasteiger partial charge in [-0.2, -0.15) is 0 Å². The maximum absolute atomic E-state index is 12.0. The van der Waals surface area contributed by atoms with E-state index >= 15 is 0 Å². The standard InChI is InChI=1S/C16H30N2O2/c1-13(14-9-10-14)18(2)16(19)17-11-6-12-20-15-7-4-3-5-8-15/h13-15H,3-12H2,1-2H3,(H,17,19). The average molecular weight is 282 g/mol. The Bertz CT molecular complexity index is 299. The molecule has 2 fully saturated rings. The molecule has 2 rings (SSSR count). The van der Waals surface area contributed by atoms with E-state index in [1.807, 2.05) is 11.9 Å². The van der Waals surface area contributed by atoms with Gasteiger partial charge in [-0.3, -0.25) is 0 Å². The van der Waals surface area contributed by atoms with Crippen molar-refractivity contribution in [3.63, 3.8) is 0 Å². The molecule has 0 aromatic carbocycles. The highest BCUT2D eigenvalue weighted by molar-refractivity contribution is 5.74. The van der Waals surface area contributed by atoms with Crippen LogP contribution in [0.15, 0.2) is 0 Å². The van der Waals surface area contributed by atoms with Crippen LogP contribution in [0, 0.1) is 5.92 Å².